The molecule has 6 nitrogen and oxygen atoms in total. The lowest BCUT2D eigenvalue weighted by atomic mass is 10.1. The van der Waals surface area contributed by atoms with E-state index in [1.807, 2.05) is 0 Å². The number of hydrogen-bond acceptors (Lipinski definition) is 3. The van der Waals surface area contributed by atoms with Crippen LogP contribution in [0.1, 0.15) is 20.8 Å². The summed E-state index contributed by atoms with van der Waals surface area (Å²) >= 11 is 0. The van der Waals surface area contributed by atoms with Crippen LogP contribution < -0.4 is 15.4 Å². The molecule has 1 aromatic rings. The van der Waals surface area contributed by atoms with Gasteiger partial charge in [0.2, 0.25) is 0 Å². The number of rotatable bonds is 6. The van der Waals surface area contributed by atoms with Gasteiger partial charge in [-0.1, -0.05) is 13.8 Å². The molecule has 0 unspecified atom stereocenters. The van der Waals surface area contributed by atoms with Crippen molar-refractivity contribution in [3.63, 3.8) is 0 Å². The minimum atomic E-state index is -1.13. The van der Waals surface area contributed by atoms with Crippen molar-refractivity contribution in [1.82, 2.24) is 5.32 Å². The number of halogens is 1. The SMILES string of the molecule is CCOc1ccc(NC(=O)N[C@H](C(=O)O)C(C)C)cc1F. The molecule has 0 saturated heterocycles. The maximum atomic E-state index is 13.6. The fourth-order valence-corrected chi connectivity index (χ4v) is 1.67. The van der Waals surface area contributed by atoms with Crippen LogP contribution in [0, 0.1) is 11.7 Å². The number of hydrogen-bond donors (Lipinski definition) is 3. The zero-order chi connectivity index (χ0) is 16.0. The van der Waals surface area contributed by atoms with E-state index in [9.17, 15) is 14.0 Å². The van der Waals surface area contributed by atoms with Crippen molar-refractivity contribution in [2.45, 2.75) is 26.8 Å². The van der Waals surface area contributed by atoms with Gasteiger partial charge < -0.3 is 20.5 Å². The van der Waals surface area contributed by atoms with E-state index in [2.05, 4.69) is 10.6 Å². The smallest absolute Gasteiger partial charge is 0.326 e. The first kappa shape index (κ1) is 16.7. The molecule has 0 aromatic heterocycles. The van der Waals surface area contributed by atoms with Crippen LogP contribution in [-0.4, -0.2) is 29.8 Å². The highest BCUT2D eigenvalue weighted by Gasteiger charge is 2.23. The molecule has 7 heteroatoms. The zero-order valence-corrected chi connectivity index (χ0v) is 12.1. The summed E-state index contributed by atoms with van der Waals surface area (Å²) in [6.07, 6.45) is 0. The molecule has 0 spiro atoms. The lowest BCUT2D eigenvalue weighted by Gasteiger charge is -2.18. The summed E-state index contributed by atoms with van der Waals surface area (Å²) in [5.41, 5.74) is 0.210. The minimum Gasteiger partial charge on any atom is -0.491 e. The summed E-state index contributed by atoms with van der Waals surface area (Å²) in [5.74, 6) is -1.91. The second kappa shape index (κ2) is 7.47. The standard InChI is InChI=1S/C14H19FN2O4/c1-4-21-11-6-5-9(7-10(11)15)16-14(20)17-12(8(2)3)13(18)19/h5-8,12H,4H2,1-3H3,(H,18,19)(H2,16,17,20)/t12-/m0/s1. The van der Waals surface area contributed by atoms with Gasteiger partial charge in [0.1, 0.15) is 6.04 Å². The molecule has 0 fully saturated rings. The Morgan fingerprint density at radius 2 is 2.05 bits per heavy atom. The molecule has 2 amide bonds. The molecule has 21 heavy (non-hydrogen) atoms. The number of anilines is 1. The number of aliphatic carboxylic acids is 1. The van der Waals surface area contributed by atoms with E-state index in [0.29, 0.717) is 6.61 Å². The average Bonchev–Trinajstić information content (AvgIpc) is 2.38. The summed E-state index contributed by atoms with van der Waals surface area (Å²) in [4.78, 5) is 22.7. The summed E-state index contributed by atoms with van der Waals surface area (Å²) in [5, 5.41) is 13.7. The third-order valence-corrected chi connectivity index (χ3v) is 2.71. The van der Waals surface area contributed by atoms with Gasteiger partial charge >= 0.3 is 12.0 Å². The number of carbonyl (C=O) groups is 2. The van der Waals surface area contributed by atoms with Crippen molar-refractivity contribution in [1.29, 1.82) is 0 Å². The first-order valence-electron chi connectivity index (χ1n) is 6.57. The molecule has 0 aliphatic carbocycles. The minimum absolute atomic E-state index is 0.0917. The fourth-order valence-electron chi connectivity index (χ4n) is 1.67. The fraction of sp³-hybridized carbons (Fsp3) is 0.429. The summed E-state index contributed by atoms with van der Waals surface area (Å²) < 4.78 is 18.7. The van der Waals surface area contributed by atoms with Crippen molar-refractivity contribution in [3.05, 3.63) is 24.0 Å². The van der Waals surface area contributed by atoms with Crippen LogP contribution in [0.2, 0.25) is 0 Å². The maximum absolute atomic E-state index is 13.6. The highest BCUT2D eigenvalue weighted by Crippen LogP contribution is 2.21. The highest BCUT2D eigenvalue weighted by molar-refractivity contribution is 5.92. The monoisotopic (exact) mass is 298 g/mol. The zero-order valence-electron chi connectivity index (χ0n) is 12.1. The third kappa shape index (κ3) is 4.94. The van der Waals surface area contributed by atoms with E-state index >= 15 is 0 Å². The summed E-state index contributed by atoms with van der Waals surface area (Å²) in [7, 11) is 0. The van der Waals surface area contributed by atoms with Gasteiger partial charge in [-0.3, -0.25) is 0 Å². The van der Waals surface area contributed by atoms with Crippen LogP contribution >= 0.6 is 0 Å². The first-order chi connectivity index (χ1) is 9.85. The molecule has 0 aliphatic heterocycles. The van der Waals surface area contributed by atoms with E-state index in [0.717, 1.165) is 6.07 Å². The lowest BCUT2D eigenvalue weighted by Crippen LogP contribution is -2.46. The van der Waals surface area contributed by atoms with Gasteiger partial charge in [0, 0.05) is 11.8 Å². The number of benzene rings is 1. The molecular weight excluding hydrogens is 279 g/mol. The Labute approximate surface area is 122 Å². The number of nitrogens with one attached hydrogen (secondary N) is 2. The Balaban J connectivity index is 2.70. The van der Waals surface area contributed by atoms with Crippen LogP contribution in [0.4, 0.5) is 14.9 Å². The van der Waals surface area contributed by atoms with Crippen molar-refractivity contribution in [3.8, 4) is 5.75 Å². The van der Waals surface area contributed by atoms with Gasteiger partial charge in [0.25, 0.3) is 0 Å². The Hall–Kier alpha value is -2.31. The Bertz CT molecular complexity index is 520. The normalized spacial score (nSPS) is 11.9. The van der Waals surface area contributed by atoms with Crippen molar-refractivity contribution >= 4 is 17.7 Å². The number of carboxylic acid groups (broad SMARTS) is 1. The number of urea groups is 1. The number of carbonyl (C=O) groups excluding carboxylic acids is 1. The highest BCUT2D eigenvalue weighted by atomic mass is 19.1. The van der Waals surface area contributed by atoms with Gasteiger partial charge in [0.05, 0.1) is 6.61 Å². The van der Waals surface area contributed by atoms with Gasteiger partial charge in [-0.05, 0) is 25.0 Å². The van der Waals surface area contributed by atoms with Crippen LogP contribution in [0.3, 0.4) is 0 Å². The maximum Gasteiger partial charge on any atom is 0.326 e. The van der Waals surface area contributed by atoms with Gasteiger partial charge in [0.15, 0.2) is 11.6 Å². The van der Waals surface area contributed by atoms with Crippen LogP contribution in [0.5, 0.6) is 5.75 Å². The molecule has 0 radical (unpaired) electrons. The number of ether oxygens (including phenoxy) is 1. The number of carboxylic acids is 1. The Morgan fingerprint density at radius 1 is 1.38 bits per heavy atom. The van der Waals surface area contributed by atoms with Gasteiger partial charge in [-0.25, -0.2) is 14.0 Å². The van der Waals surface area contributed by atoms with Gasteiger partial charge in [-0.2, -0.15) is 0 Å². The van der Waals surface area contributed by atoms with Crippen LogP contribution in [0.15, 0.2) is 18.2 Å². The quantitative estimate of drug-likeness (QED) is 0.752. The second-order valence-corrected chi connectivity index (χ2v) is 4.74. The molecule has 0 heterocycles. The predicted molar refractivity (Wildman–Crippen MR) is 76.0 cm³/mol. The third-order valence-electron chi connectivity index (χ3n) is 2.71. The second-order valence-electron chi connectivity index (χ2n) is 4.74. The lowest BCUT2D eigenvalue weighted by molar-refractivity contribution is -0.140. The molecule has 116 valence electrons. The number of amides is 2. The molecule has 1 rings (SSSR count). The van der Waals surface area contributed by atoms with Gasteiger partial charge in [-0.15, -0.1) is 0 Å². The van der Waals surface area contributed by atoms with E-state index in [1.165, 1.54) is 12.1 Å². The van der Waals surface area contributed by atoms with E-state index in [1.54, 1.807) is 20.8 Å². The molecule has 0 aliphatic rings. The summed E-state index contributed by atoms with van der Waals surface area (Å²) in [6.45, 7) is 5.42. The van der Waals surface area contributed by atoms with Crippen molar-refractivity contribution in [2.24, 2.45) is 5.92 Å². The Kier molecular flexibility index (Phi) is 5.95. The van der Waals surface area contributed by atoms with Crippen molar-refractivity contribution in [2.75, 3.05) is 11.9 Å². The van der Waals surface area contributed by atoms with E-state index < -0.39 is 23.9 Å². The molecular formula is C14H19FN2O4. The molecule has 3 N–H and O–H groups in total. The van der Waals surface area contributed by atoms with E-state index in [-0.39, 0.29) is 17.4 Å². The van der Waals surface area contributed by atoms with Crippen LogP contribution in [-0.2, 0) is 4.79 Å². The largest absolute Gasteiger partial charge is 0.491 e. The molecule has 1 aromatic carbocycles. The topological polar surface area (TPSA) is 87.7 Å². The summed E-state index contributed by atoms with van der Waals surface area (Å²) in [6, 6.07) is 2.25. The van der Waals surface area contributed by atoms with Crippen molar-refractivity contribution < 1.29 is 23.8 Å². The average molecular weight is 298 g/mol. The van der Waals surface area contributed by atoms with E-state index in [4.69, 9.17) is 9.84 Å². The molecule has 1 atom stereocenters. The first-order valence-corrected chi connectivity index (χ1v) is 6.57. The van der Waals surface area contributed by atoms with Crippen LogP contribution in [0.25, 0.3) is 0 Å². The Morgan fingerprint density at radius 3 is 2.52 bits per heavy atom. The molecule has 0 bridgehead atoms. The predicted octanol–water partition coefficient (Wildman–Crippen LogP) is 2.46. The molecule has 0 saturated carbocycles.